The summed E-state index contributed by atoms with van der Waals surface area (Å²) in [6.07, 6.45) is 4.48. The van der Waals surface area contributed by atoms with Crippen LogP contribution in [0.2, 0.25) is 0 Å². The van der Waals surface area contributed by atoms with Crippen LogP contribution in [-0.4, -0.2) is 31.2 Å². The van der Waals surface area contributed by atoms with Crippen molar-refractivity contribution in [2.45, 2.75) is 11.2 Å². The first kappa shape index (κ1) is 14.0. The monoisotopic (exact) mass is 278 g/mol. The van der Waals surface area contributed by atoms with Gasteiger partial charge in [0.2, 0.25) is 0 Å². The zero-order valence-corrected chi connectivity index (χ0v) is 11.6. The Balaban J connectivity index is 2.28. The zero-order chi connectivity index (χ0) is 13.9. The van der Waals surface area contributed by atoms with Crippen LogP contribution < -0.4 is 0 Å². The van der Waals surface area contributed by atoms with Crippen LogP contribution in [0.3, 0.4) is 0 Å². The normalized spacial score (nSPS) is 26.1. The summed E-state index contributed by atoms with van der Waals surface area (Å²) in [6.45, 7) is 0. The minimum Gasteiger partial charge on any atom is -0.373 e. The SMILES string of the molecule is CO[C@@H]1C=C(C(=O)c2ccccc2)C=C[C@@]1(Cl)OC. The largest absolute Gasteiger partial charge is 0.373 e. The average Bonchev–Trinajstić information content (AvgIpc) is 2.48. The number of hydrogen-bond acceptors (Lipinski definition) is 3. The van der Waals surface area contributed by atoms with Gasteiger partial charge in [-0.15, -0.1) is 0 Å². The summed E-state index contributed by atoms with van der Waals surface area (Å²) < 4.78 is 10.5. The molecule has 100 valence electrons. The molecule has 0 N–H and O–H groups in total. The van der Waals surface area contributed by atoms with Gasteiger partial charge in [-0.05, 0) is 12.2 Å². The molecule has 0 bridgehead atoms. The van der Waals surface area contributed by atoms with Crippen molar-refractivity contribution in [3.8, 4) is 0 Å². The molecular weight excluding hydrogens is 264 g/mol. The quantitative estimate of drug-likeness (QED) is 0.627. The topological polar surface area (TPSA) is 35.5 Å². The van der Waals surface area contributed by atoms with Gasteiger partial charge in [0.25, 0.3) is 0 Å². The maximum Gasteiger partial charge on any atom is 0.192 e. The van der Waals surface area contributed by atoms with E-state index >= 15 is 0 Å². The highest BCUT2D eigenvalue weighted by Gasteiger charge is 2.36. The van der Waals surface area contributed by atoms with E-state index < -0.39 is 11.2 Å². The third kappa shape index (κ3) is 2.78. The number of methoxy groups -OCH3 is 2. The number of ketones is 1. The molecule has 0 heterocycles. The Bertz CT molecular complexity index is 521. The van der Waals surface area contributed by atoms with Crippen LogP contribution in [0.4, 0.5) is 0 Å². The lowest BCUT2D eigenvalue weighted by Crippen LogP contribution is -2.39. The number of halogens is 1. The minimum absolute atomic E-state index is 0.0614. The standard InChI is InChI=1S/C15H15ClO3/c1-18-13-10-12(8-9-15(13,16)19-2)14(17)11-6-4-3-5-7-11/h3-10,13H,1-2H3/t13-,15-/m1/s1. The number of benzene rings is 1. The predicted molar refractivity (Wildman–Crippen MR) is 74.4 cm³/mol. The summed E-state index contributed by atoms with van der Waals surface area (Å²) in [4.78, 5) is 12.3. The van der Waals surface area contributed by atoms with Crippen molar-refractivity contribution in [2.24, 2.45) is 0 Å². The van der Waals surface area contributed by atoms with Crippen LogP contribution in [-0.2, 0) is 9.47 Å². The van der Waals surface area contributed by atoms with E-state index in [0.717, 1.165) is 0 Å². The molecule has 2 rings (SSSR count). The lowest BCUT2D eigenvalue weighted by molar-refractivity contribution is -0.0136. The summed E-state index contributed by atoms with van der Waals surface area (Å²) in [5.74, 6) is -0.0614. The first-order chi connectivity index (χ1) is 9.10. The van der Waals surface area contributed by atoms with Crippen molar-refractivity contribution in [3.63, 3.8) is 0 Å². The molecule has 0 fully saturated rings. The number of hydrogen-bond donors (Lipinski definition) is 0. The van der Waals surface area contributed by atoms with Crippen LogP contribution in [0.5, 0.6) is 0 Å². The Morgan fingerprint density at radius 2 is 1.95 bits per heavy atom. The lowest BCUT2D eigenvalue weighted by atomic mass is 9.95. The van der Waals surface area contributed by atoms with E-state index in [4.69, 9.17) is 21.1 Å². The number of Topliss-reactive ketones (excluding diaryl/α,β-unsaturated/α-hetero) is 1. The van der Waals surface area contributed by atoms with E-state index in [2.05, 4.69) is 0 Å². The van der Waals surface area contributed by atoms with Gasteiger partial charge >= 0.3 is 0 Å². The molecule has 1 aromatic carbocycles. The second-order valence-electron chi connectivity index (χ2n) is 4.21. The van der Waals surface area contributed by atoms with Crippen molar-refractivity contribution in [2.75, 3.05) is 14.2 Å². The Hall–Kier alpha value is -1.42. The predicted octanol–water partition coefficient (Wildman–Crippen LogP) is 2.96. The number of allylic oxidation sites excluding steroid dienone is 2. The fraction of sp³-hybridized carbons (Fsp3) is 0.267. The molecule has 0 spiro atoms. The average molecular weight is 279 g/mol. The van der Waals surface area contributed by atoms with Crippen molar-refractivity contribution in [3.05, 3.63) is 59.7 Å². The summed E-state index contributed by atoms with van der Waals surface area (Å²) in [7, 11) is 3.03. The number of alkyl halides is 1. The number of carbonyl (C=O) groups excluding carboxylic acids is 1. The third-order valence-electron chi connectivity index (χ3n) is 3.07. The van der Waals surface area contributed by atoms with E-state index in [0.29, 0.717) is 11.1 Å². The van der Waals surface area contributed by atoms with Gasteiger partial charge in [-0.3, -0.25) is 4.79 Å². The first-order valence-electron chi connectivity index (χ1n) is 5.88. The molecule has 0 radical (unpaired) electrons. The summed E-state index contributed by atoms with van der Waals surface area (Å²) >= 11 is 6.25. The van der Waals surface area contributed by atoms with E-state index in [1.54, 1.807) is 30.4 Å². The fourth-order valence-electron chi connectivity index (χ4n) is 1.95. The van der Waals surface area contributed by atoms with Gasteiger partial charge < -0.3 is 9.47 Å². The molecule has 0 aliphatic heterocycles. The number of ether oxygens (including phenoxy) is 2. The first-order valence-corrected chi connectivity index (χ1v) is 6.26. The Kier molecular flexibility index (Phi) is 4.20. The van der Waals surface area contributed by atoms with Crippen molar-refractivity contribution in [1.82, 2.24) is 0 Å². The molecule has 0 saturated heterocycles. The molecule has 4 heteroatoms. The molecule has 2 atom stereocenters. The van der Waals surface area contributed by atoms with Crippen molar-refractivity contribution < 1.29 is 14.3 Å². The second kappa shape index (κ2) is 5.70. The van der Waals surface area contributed by atoms with E-state index in [1.807, 2.05) is 18.2 Å². The van der Waals surface area contributed by atoms with Crippen LogP contribution in [0, 0.1) is 0 Å². The molecule has 3 nitrogen and oxygen atoms in total. The molecule has 1 aliphatic carbocycles. The Labute approximate surface area is 117 Å². The number of carbonyl (C=O) groups is 1. The molecule has 0 unspecified atom stereocenters. The summed E-state index contributed by atoms with van der Waals surface area (Å²) in [5, 5.41) is -1.06. The van der Waals surface area contributed by atoms with Crippen LogP contribution in [0.25, 0.3) is 0 Å². The van der Waals surface area contributed by atoms with Gasteiger partial charge in [0, 0.05) is 25.4 Å². The number of rotatable bonds is 4. The molecular formula is C15H15ClO3. The van der Waals surface area contributed by atoms with Gasteiger partial charge in [-0.1, -0.05) is 48.0 Å². The highest BCUT2D eigenvalue weighted by molar-refractivity contribution is 6.25. The van der Waals surface area contributed by atoms with Gasteiger partial charge in [0.05, 0.1) is 0 Å². The molecule has 1 aromatic rings. The van der Waals surface area contributed by atoms with E-state index in [1.165, 1.54) is 14.2 Å². The second-order valence-corrected chi connectivity index (χ2v) is 4.80. The smallest absolute Gasteiger partial charge is 0.192 e. The van der Waals surface area contributed by atoms with Gasteiger partial charge in [-0.25, -0.2) is 0 Å². The minimum atomic E-state index is -1.06. The summed E-state index contributed by atoms with van der Waals surface area (Å²) in [5.41, 5.74) is 1.18. The summed E-state index contributed by atoms with van der Waals surface area (Å²) in [6, 6.07) is 9.08. The zero-order valence-electron chi connectivity index (χ0n) is 10.8. The lowest BCUT2D eigenvalue weighted by Gasteiger charge is -2.31. The maximum atomic E-state index is 12.3. The maximum absolute atomic E-state index is 12.3. The molecule has 19 heavy (non-hydrogen) atoms. The van der Waals surface area contributed by atoms with Crippen LogP contribution in [0.1, 0.15) is 10.4 Å². The van der Waals surface area contributed by atoms with Crippen LogP contribution in [0.15, 0.2) is 54.1 Å². The van der Waals surface area contributed by atoms with Gasteiger partial charge in [-0.2, -0.15) is 0 Å². The molecule has 0 amide bonds. The van der Waals surface area contributed by atoms with Gasteiger partial charge in [0.15, 0.2) is 10.8 Å². The highest BCUT2D eigenvalue weighted by Crippen LogP contribution is 2.31. The van der Waals surface area contributed by atoms with Crippen molar-refractivity contribution in [1.29, 1.82) is 0 Å². The molecule has 1 aliphatic rings. The van der Waals surface area contributed by atoms with E-state index in [-0.39, 0.29) is 5.78 Å². The Morgan fingerprint density at radius 1 is 1.26 bits per heavy atom. The molecule has 0 aromatic heterocycles. The fourth-order valence-corrected chi connectivity index (χ4v) is 2.17. The Morgan fingerprint density at radius 3 is 2.53 bits per heavy atom. The van der Waals surface area contributed by atoms with Gasteiger partial charge in [0.1, 0.15) is 6.10 Å². The van der Waals surface area contributed by atoms with E-state index in [9.17, 15) is 4.79 Å². The van der Waals surface area contributed by atoms with Crippen molar-refractivity contribution >= 4 is 17.4 Å². The third-order valence-corrected chi connectivity index (χ3v) is 3.57. The molecule has 0 saturated carbocycles. The highest BCUT2D eigenvalue weighted by atomic mass is 35.5. The van der Waals surface area contributed by atoms with Crippen LogP contribution >= 0.6 is 11.6 Å².